The zero-order valence-corrected chi connectivity index (χ0v) is 13.7. The van der Waals surface area contributed by atoms with Gasteiger partial charge in [0.25, 0.3) is 0 Å². The predicted octanol–water partition coefficient (Wildman–Crippen LogP) is 1.72. The largest absolute Gasteiger partial charge is 0.338 e. The second kappa shape index (κ2) is 7.64. The van der Waals surface area contributed by atoms with Gasteiger partial charge in [0.15, 0.2) is 0 Å². The number of carbonyl (C=O) groups is 1. The first-order valence-electron chi connectivity index (χ1n) is 6.53. The molecule has 7 heteroatoms. The molecule has 0 aliphatic rings. The van der Waals surface area contributed by atoms with E-state index in [0.29, 0.717) is 13.0 Å². The third-order valence-corrected chi connectivity index (χ3v) is 4.71. The Hall–Kier alpha value is -1.08. The molecule has 1 rings (SSSR count). The molecule has 1 unspecified atom stereocenters. The molecule has 0 saturated carbocycles. The molecule has 0 radical (unpaired) electrons. The maximum absolute atomic E-state index is 11.6. The summed E-state index contributed by atoms with van der Waals surface area (Å²) < 4.78 is 21.9. The van der Waals surface area contributed by atoms with Gasteiger partial charge >= 0.3 is 6.03 Å². The van der Waals surface area contributed by atoms with Crippen molar-refractivity contribution in [2.45, 2.75) is 32.7 Å². The van der Waals surface area contributed by atoms with Crippen LogP contribution in [0.1, 0.15) is 23.1 Å². The number of nitrogens with one attached hydrogen (secondary N) is 2. The van der Waals surface area contributed by atoms with Crippen molar-refractivity contribution in [3.05, 3.63) is 21.9 Å². The van der Waals surface area contributed by atoms with E-state index in [1.807, 2.05) is 6.92 Å². The van der Waals surface area contributed by atoms with Crippen LogP contribution in [0.4, 0.5) is 4.79 Å². The van der Waals surface area contributed by atoms with Gasteiger partial charge in [0, 0.05) is 35.0 Å². The minimum absolute atomic E-state index is 0.0444. The Morgan fingerprint density at radius 2 is 2.10 bits per heavy atom. The summed E-state index contributed by atoms with van der Waals surface area (Å²) in [5, 5.41) is 5.51. The fourth-order valence-corrected chi connectivity index (χ4v) is 3.45. The molecule has 1 aromatic rings. The van der Waals surface area contributed by atoms with Crippen LogP contribution in [-0.2, 0) is 16.3 Å². The molecule has 20 heavy (non-hydrogen) atoms. The molecule has 5 nitrogen and oxygen atoms in total. The van der Waals surface area contributed by atoms with Crippen LogP contribution in [0.5, 0.6) is 0 Å². The van der Waals surface area contributed by atoms with E-state index in [1.165, 1.54) is 16.0 Å². The third kappa shape index (κ3) is 7.49. The molecule has 1 heterocycles. The van der Waals surface area contributed by atoms with Crippen LogP contribution in [0.15, 0.2) is 12.1 Å². The van der Waals surface area contributed by atoms with Gasteiger partial charge in [-0.2, -0.15) is 0 Å². The van der Waals surface area contributed by atoms with Gasteiger partial charge in [-0.3, -0.25) is 0 Å². The van der Waals surface area contributed by atoms with E-state index in [2.05, 4.69) is 29.7 Å². The van der Waals surface area contributed by atoms with Crippen LogP contribution in [0.25, 0.3) is 0 Å². The number of amides is 2. The van der Waals surface area contributed by atoms with Gasteiger partial charge in [-0.1, -0.05) is 0 Å². The van der Waals surface area contributed by atoms with Crippen LogP contribution < -0.4 is 10.6 Å². The van der Waals surface area contributed by atoms with Gasteiger partial charge < -0.3 is 10.6 Å². The van der Waals surface area contributed by atoms with Gasteiger partial charge in [0.1, 0.15) is 9.84 Å². The number of hydrogen-bond acceptors (Lipinski definition) is 4. The Kier molecular flexibility index (Phi) is 6.48. The highest BCUT2D eigenvalue weighted by atomic mass is 32.2. The smallest absolute Gasteiger partial charge is 0.315 e. The highest BCUT2D eigenvalue weighted by Gasteiger charge is 2.09. The zero-order chi connectivity index (χ0) is 15.2. The minimum Gasteiger partial charge on any atom is -0.338 e. The summed E-state index contributed by atoms with van der Waals surface area (Å²) >= 11 is 1.73. The minimum atomic E-state index is -2.95. The molecule has 0 fully saturated rings. The maximum Gasteiger partial charge on any atom is 0.315 e. The van der Waals surface area contributed by atoms with Crippen LogP contribution in [-0.4, -0.2) is 39.0 Å². The molecule has 1 atom stereocenters. The second-order valence-electron chi connectivity index (χ2n) is 5.00. The first-order chi connectivity index (χ1) is 9.26. The van der Waals surface area contributed by atoms with Crippen LogP contribution >= 0.6 is 11.3 Å². The number of thiophene rings is 1. The highest BCUT2D eigenvalue weighted by Crippen LogP contribution is 2.16. The van der Waals surface area contributed by atoms with Crippen LogP contribution in [0.2, 0.25) is 0 Å². The van der Waals surface area contributed by atoms with Crippen molar-refractivity contribution in [3.63, 3.8) is 0 Å². The summed E-state index contributed by atoms with van der Waals surface area (Å²) in [7, 11) is -2.95. The lowest BCUT2D eigenvalue weighted by Gasteiger charge is -2.13. The third-order valence-electron chi connectivity index (χ3n) is 2.66. The van der Waals surface area contributed by atoms with Crippen LogP contribution in [0.3, 0.4) is 0 Å². The molecule has 0 bridgehead atoms. The van der Waals surface area contributed by atoms with Gasteiger partial charge in [0.05, 0.1) is 5.75 Å². The number of aryl methyl sites for hydroxylation is 1. The van der Waals surface area contributed by atoms with Gasteiger partial charge in [-0.05, 0) is 32.4 Å². The highest BCUT2D eigenvalue weighted by molar-refractivity contribution is 7.90. The van der Waals surface area contributed by atoms with Crippen LogP contribution in [0, 0.1) is 6.92 Å². The molecule has 0 saturated heterocycles. The Balaban J connectivity index is 2.21. The Morgan fingerprint density at radius 1 is 1.40 bits per heavy atom. The Bertz CT molecular complexity index is 538. The van der Waals surface area contributed by atoms with Crippen molar-refractivity contribution in [1.82, 2.24) is 10.6 Å². The van der Waals surface area contributed by atoms with E-state index in [1.54, 1.807) is 11.3 Å². The number of urea groups is 1. The van der Waals surface area contributed by atoms with Crippen molar-refractivity contribution < 1.29 is 13.2 Å². The van der Waals surface area contributed by atoms with E-state index in [0.717, 1.165) is 6.42 Å². The summed E-state index contributed by atoms with van der Waals surface area (Å²) in [5.74, 6) is 0.0945. The molecule has 2 N–H and O–H groups in total. The average Bonchev–Trinajstić information content (AvgIpc) is 2.68. The molecular formula is C13H22N2O3S2. The van der Waals surface area contributed by atoms with Gasteiger partial charge in [-0.25, -0.2) is 13.2 Å². The summed E-state index contributed by atoms with van der Waals surface area (Å²) in [6.07, 6.45) is 2.43. The first kappa shape index (κ1) is 17.0. The fraction of sp³-hybridized carbons (Fsp3) is 0.615. The topological polar surface area (TPSA) is 75.3 Å². The first-order valence-corrected chi connectivity index (χ1v) is 9.41. The Morgan fingerprint density at radius 3 is 2.65 bits per heavy atom. The van der Waals surface area contributed by atoms with Crippen molar-refractivity contribution in [2.75, 3.05) is 18.6 Å². The molecule has 2 amide bonds. The molecule has 0 aliphatic heterocycles. The molecule has 114 valence electrons. The van der Waals surface area contributed by atoms with E-state index >= 15 is 0 Å². The zero-order valence-electron chi connectivity index (χ0n) is 12.1. The lowest BCUT2D eigenvalue weighted by Crippen LogP contribution is -2.42. The fourth-order valence-electron chi connectivity index (χ4n) is 1.76. The van der Waals surface area contributed by atoms with Crippen molar-refractivity contribution in [3.8, 4) is 0 Å². The van der Waals surface area contributed by atoms with Crippen molar-refractivity contribution in [2.24, 2.45) is 0 Å². The second-order valence-corrected chi connectivity index (χ2v) is 8.63. The molecule has 1 aromatic heterocycles. The maximum atomic E-state index is 11.6. The lowest BCUT2D eigenvalue weighted by atomic mass is 10.2. The number of hydrogen-bond donors (Lipinski definition) is 2. The quantitative estimate of drug-likeness (QED) is 0.752. The number of rotatable bonds is 7. The summed E-state index contributed by atoms with van der Waals surface area (Å²) in [4.78, 5) is 14.1. The summed E-state index contributed by atoms with van der Waals surface area (Å²) in [6.45, 7) is 4.37. The monoisotopic (exact) mass is 318 g/mol. The van der Waals surface area contributed by atoms with E-state index in [4.69, 9.17) is 0 Å². The van der Waals surface area contributed by atoms with E-state index < -0.39 is 9.84 Å². The SMILES string of the molecule is Cc1ccc(CC(C)NC(=O)NCCCS(C)(=O)=O)s1. The summed E-state index contributed by atoms with van der Waals surface area (Å²) in [5.41, 5.74) is 0. The normalized spacial score (nSPS) is 12.9. The van der Waals surface area contributed by atoms with E-state index in [-0.39, 0.29) is 17.8 Å². The standard InChI is InChI=1S/C13H22N2O3S2/c1-10(9-12-6-5-11(2)19-12)15-13(16)14-7-4-8-20(3,17)18/h5-6,10H,4,7-9H2,1-3H3,(H2,14,15,16). The molecule has 0 spiro atoms. The van der Waals surface area contributed by atoms with Gasteiger partial charge in [-0.15, -0.1) is 11.3 Å². The lowest BCUT2D eigenvalue weighted by molar-refractivity contribution is 0.238. The Labute approximate surface area is 124 Å². The number of carbonyl (C=O) groups excluding carboxylic acids is 1. The number of sulfone groups is 1. The van der Waals surface area contributed by atoms with E-state index in [9.17, 15) is 13.2 Å². The van der Waals surface area contributed by atoms with Crippen molar-refractivity contribution in [1.29, 1.82) is 0 Å². The van der Waals surface area contributed by atoms with Crippen molar-refractivity contribution >= 4 is 27.2 Å². The summed E-state index contributed by atoms with van der Waals surface area (Å²) in [6, 6.07) is 3.93. The molecular weight excluding hydrogens is 296 g/mol. The average molecular weight is 318 g/mol. The predicted molar refractivity (Wildman–Crippen MR) is 83.1 cm³/mol. The molecule has 0 aliphatic carbocycles. The molecule has 0 aromatic carbocycles. The van der Waals surface area contributed by atoms with Gasteiger partial charge in [0.2, 0.25) is 0 Å².